The van der Waals surface area contributed by atoms with Crippen LogP contribution < -0.4 is 0 Å². The van der Waals surface area contributed by atoms with Gasteiger partial charge in [-0.05, 0) is 25.7 Å². The molecule has 4 heterocycles. The predicted octanol–water partition coefficient (Wildman–Crippen LogP) is 2.99. The summed E-state index contributed by atoms with van der Waals surface area (Å²) in [4.78, 5) is 45.0. The number of aromatic nitrogens is 2. The molecular formula is C26H33N3O9S2. The number of nitrogens with zero attached hydrogens (tertiary/aromatic N) is 3. The molecule has 5 rings (SSSR count). The Hall–Kier alpha value is -2.97. The van der Waals surface area contributed by atoms with Gasteiger partial charge in [-0.25, -0.2) is 23.0 Å². The van der Waals surface area contributed by atoms with Gasteiger partial charge in [-0.1, -0.05) is 26.2 Å². The van der Waals surface area contributed by atoms with Crippen molar-refractivity contribution < 1.29 is 42.1 Å². The molecule has 3 aliphatic rings. The fourth-order valence-corrected chi connectivity index (χ4v) is 8.33. The van der Waals surface area contributed by atoms with Gasteiger partial charge in [0.05, 0.1) is 29.5 Å². The number of carbonyl (C=O) groups is 3. The molecule has 218 valence electrons. The molecule has 40 heavy (non-hydrogen) atoms. The number of ether oxygens (including phenoxy) is 3. The normalized spacial score (nSPS) is 25.0. The number of rotatable bonds is 8. The Labute approximate surface area is 235 Å². The average Bonchev–Trinajstić information content (AvgIpc) is 3.52. The lowest BCUT2D eigenvalue weighted by Gasteiger charge is -2.46. The fraction of sp³-hybridized carbons (Fsp3) is 0.615. The number of β-lactam (4-membered cyclic amide) rings is 1. The van der Waals surface area contributed by atoms with E-state index in [1.165, 1.54) is 31.5 Å². The molecule has 0 radical (unpaired) electrons. The van der Waals surface area contributed by atoms with Crippen molar-refractivity contribution in [2.24, 2.45) is 17.8 Å². The van der Waals surface area contributed by atoms with Crippen LogP contribution in [0.5, 0.6) is 0 Å². The summed E-state index contributed by atoms with van der Waals surface area (Å²) < 4.78 is 41.8. The number of hydrogen-bond acceptors (Lipinski definition) is 11. The van der Waals surface area contributed by atoms with Gasteiger partial charge in [-0.15, -0.1) is 11.3 Å². The monoisotopic (exact) mass is 595 g/mol. The van der Waals surface area contributed by atoms with Crippen LogP contribution in [-0.4, -0.2) is 77.1 Å². The first-order valence-electron chi connectivity index (χ1n) is 13.3. The minimum absolute atomic E-state index is 0.0243. The number of thiazole rings is 1. The number of esters is 1. The van der Waals surface area contributed by atoms with Crippen molar-refractivity contribution in [3.63, 3.8) is 0 Å². The van der Waals surface area contributed by atoms with E-state index < -0.39 is 52.2 Å². The van der Waals surface area contributed by atoms with Crippen molar-refractivity contribution in [2.75, 3.05) is 12.9 Å². The Balaban J connectivity index is 1.39. The van der Waals surface area contributed by atoms with Gasteiger partial charge < -0.3 is 24.2 Å². The zero-order valence-corrected chi connectivity index (χ0v) is 24.4. The molecule has 2 aromatic rings. The van der Waals surface area contributed by atoms with Gasteiger partial charge in [0.1, 0.15) is 16.9 Å². The highest BCUT2D eigenvalue weighted by molar-refractivity contribution is 7.91. The molecule has 2 aliphatic heterocycles. The molecule has 5 atom stereocenters. The summed E-state index contributed by atoms with van der Waals surface area (Å²) in [6, 6.07) is -0.490. The van der Waals surface area contributed by atoms with Crippen LogP contribution in [0.4, 0.5) is 4.79 Å². The van der Waals surface area contributed by atoms with Crippen LogP contribution >= 0.6 is 11.3 Å². The third-order valence-corrected chi connectivity index (χ3v) is 10.1. The topological polar surface area (TPSA) is 154 Å². The van der Waals surface area contributed by atoms with E-state index in [9.17, 15) is 27.9 Å². The second-order valence-electron chi connectivity index (χ2n) is 10.8. The largest absolute Gasteiger partial charge is 0.511 e. The Kier molecular flexibility index (Phi) is 7.70. The van der Waals surface area contributed by atoms with Gasteiger partial charge in [-0.3, -0.25) is 9.20 Å². The molecule has 1 saturated carbocycles. The number of sulfone groups is 1. The number of carbonyl (C=O) groups excluding carboxylic acids is 3. The highest BCUT2D eigenvalue weighted by atomic mass is 32.2. The van der Waals surface area contributed by atoms with Crippen LogP contribution in [0.2, 0.25) is 0 Å². The lowest BCUT2D eigenvalue weighted by molar-refractivity contribution is -0.173. The van der Waals surface area contributed by atoms with E-state index >= 15 is 0 Å². The van der Waals surface area contributed by atoms with Gasteiger partial charge in [0.25, 0.3) is 0 Å². The molecule has 0 aromatic carbocycles. The lowest BCUT2D eigenvalue weighted by atomic mass is 9.77. The van der Waals surface area contributed by atoms with Crippen molar-refractivity contribution in [3.05, 3.63) is 23.1 Å². The van der Waals surface area contributed by atoms with Crippen LogP contribution in [-0.2, 0) is 33.6 Å². The molecule has 1 aliphatic carbocycles. The molecule has 2 aromatic heterocycles. The van der Waals surface area contributed by atoms with E-state index in [2.05, 4.69) is 4.98 Å². The average molecular weight is 596 g/mol. The zero-order chi connectivity index (χ0) is 28.9. The smallest absolute Gasteiger partial charge is 0.434 e. The summed E-state index contributed by atoms with van der Waals surface area (Å²) >= 11 is 1.12. The maximum Gasteiger partial charge on any atom is 0.511 e. The fourth-order valence-electron chi connectivity index (χ4n) is 5.98. The number of imidazole rings is 1. The lowest BCUT2D eigenvalue weighted by Crippen LogP contribution is -2.63. The molecule has 12 nitrogen and oxygen atoms in total. The van der Waals surface area contributed by atoms with Crippen molar-refractivity contribution in [1.29, 1.82) is 0 Å². The second kappa shape index (κ2) is 10.8. The summed E-state index contributed by atoms with van der Waals surface area (Å²) in [6.07, 6.45) is 6.28. The summed E-state index contributed by atoms with van der Waals surface area (Å²) in [6.45, 7) is 4.98. The standard InChI is InChI=1S/C26H33N3O9S2/c1-13-18(17-10-28-12-27-22(24(28)39-17)40(4,34)35)21(29-20(13)19(14(2)30)23(29)31)25(32)37-15(3)38-26(33)36-11-16-8-6-5-7-9-16/h10,12-16,19-20,30H,5-9,11H2,1-4H3/t13-,14+,15?,19+,20+/m0/s1. The molecule has 1 unspecified atom stereocenters. The number of amides is 1. The summed E-state index contributed by atoms with van der Waals surface area (Å²) in [5.74, 6) is -2.10. The molecule has 0 spiro atoms. The Morgan fingerprint density at radius 1 is 1.20 bits per heavy atom. The van der Waals surface area contributed by atoms with E-state index in [0.29, 0.717) is 21.2 Å². The highest BCUT2D eigenvalue weighted by Gasteiger charge is 2.60. The summed E-state index contributed by atoms with van der Waals surface area (Å²) in [7, 11) is -3.60. The minimum atomic E-state index is -3.60. The minimum Gasteiger partial charge on any atom is -0.434 e. The van der Waals surface area contributed by atoms with Gasteiger partial charge >= 0.3 is 12.1 Å². The first-order chi connectivity index (χ1) is 18.9. The Morgan fingerprint density at radius 2 is 1.90 bits per heavy atom. The Morgan fingerprint density at radius 3 is 2.55 bits per heavy atom. The van der Waals surface area contributed by atoms with E-state index in [1.54, 1.807) is 10.6 Å². The van der Waals surface area contributed by atoms with Gasteiger partial charge in [0, 0.05) is 30.9 Å². The van der Waals surface area contributed by atoms with E-state index in [0.717, 1.165) is 43.3 Å². The molecule has 1 amide bonds. The quantitative estimate of drug-likeness (QED) is 0.274. The maximum absolute atomic E-state index is 13.5. The number of aliphatic hydroxyl groups excluding tert-OH is 1. The first kappa shape index (κ1) is 28.6. The number of hydrogen-bond donors (Lipinski definition) is 1. The third-order valence-electron chi connectivity index (χ3n) is 7.86. The van der Waals surface area contributed by atoms with Crippen LogP contribution in [0.15, 0.2) is 23.2 Å². The molecular weight excluding hydrogens is 562 g/mol. The molecule has 1 N–H and O–H groups in total. The van der Waals surface area contributed by atoms with Crippen LogP contribution in [0.25, 0.3) is 10.4 Å². The maximum atomic E-state index is 13.5. The SMILES string of the molecule is CC(OC(=O)OCC1CCCCC1)OC(=O)C1=C(c2cn3cnc(S(C)(=O)=O)c3s2)[C@H](C)[C@@H]2[C@@H]([C@@H](C)O)C(=O)N12. The molecule has 0 bridgehead atoms. The van der Waals surface area contributed by atoms with E-state index in [-0.39, 0.29) is 23.2 Å². The van der Waals surface area contributed by atoms with Gasteiger partial charge in [0.2, 0.25) is 12.2 Å². The van der Waals surface area contributed by atoms with Gasteiger partial charge in [0.15, 0.2) is 14.9 Å². The van der Waals surface area contributed by atoms with Crippen molar-refractivity contribution >= 4 is 49.6 Å². The molecule has 1 saturated heterocycles. The number of fused-ring (bicyclic) bond motifs is 2. The number of aliphatic hydroxyl groups is 1. The summed E-state index contributed by atoms with van der Waals surface area (Å²) in [5.41, 5.74) is 0.454. The molecule has 14 heteroatoms. The summed E-state index contributed by atoms with van der Waals surface area (Å²) in [5, 5.41) is 10.2. The van der Waals surface area contributed by atoms with Crippen LogP contribution in [0.1, 0.15) is 57.8 Å². The van der Waals surface area contributed by atoms with E-state index in [4.69, 9.17) is 14.2 Å². The van der Waals surface area contributed by atoms with Crippen molar-refractivity contribution in [1.82, 2.24) is 14.3 Å². The Bertz CT molecular complexity index is 1470. The predicted molar refractivity (Wildman–Crippen MR) is 143 cm³/mol. The first-order valence-corrected chi connectivity index (χ1v) is 16.1. The highest BCUT2D eigenvalue weighted by Crippen LogP contribution is 2.52. The van der Waals surface area contributed by atoms with Crippen LogP contribution in [0.3, 0.4) is 0 Å². The second-order valence-corrected chi connectivity index (χ2v) is 13.8. The van der Waals surface area contributed by atoms with E-state index in [1.807, 2.05) is 6.92 Å². The zero-order valence-electron chi connectivity index (χ0n) is 22.7. The van der Waals surface area contributed by atoms with Crippen molar-refractivity contribution in [3.8, 4) is 0 Å². The third kappa shape index (κ3) is 5.12. The van der Waals surface area contributed by atoms with Crippen LogP contribution in [0, 0.1) is 17.8 Å². The van der Waals surface area contributed by atoms with Crippen molar-refractivity contribution in [2.45, 2.75) is 76.3 Å². The van der Waals surface area contributed by atoms with Gasteiger partial charge in [-0.2, -0.15) is 0 Å². The molecule has 2 fully saturated rings.